The van der Waals surface area contributed by atoms with E-state index in [2.05, 4.69) is 29.6 Å². The van der Waals surface area contributed by atoms with E-state index < -0.39 is 0 Å². The molecule has 0 saturated heterocycles. The second kappa shape index (κ2) is 9.16. The molecule has 4 N–H and O–H groups in total. The SMILES string of the molecule is NCC(Cc1ccccc1)NCCCCCO. The van der Waals surface area contributed by atoms with Gasteiger partial charge in [0.2, 0.25) is 0 Å². The van der Waals surface area contributed by atoms with Crippen LogP contribution in [0.15, 0.2) is 30.3 Å². The van der Waals surface area contributed by atoms with Crippen molar-refractivity contribution in [3.8, 4) is 0 Å². The molecule has 1 aromatic carbocycles. The van der Waals surface area contributed by atoms with Crippen LogP contribution in [0.1, 0.15) is 24.8 Å². The lowest BCUT2D eigenvalue weighted by Gasteiger charge is -2.16. The van der Waals surface area contributed by atoms with Crippen LogP contribution in [0.25, 0.3) is 0 Å². The molecule has 0 saturated carbocycles. The molecule has 17 heavy (non-hydrogen) atoms. The summed E-state index contributed by atoms with van der Waals surface area (Å²) in [7, 11) is 0. The zero-order valence-electron chi connectivity index (χ0n) is 10.4. The molecule has 3 heteroatoms. The third-order valence-corrected chi connectivity index (χ3v) is 2.88. The Morgan fingerprint density at radius 2 is 1.88 bits per heavy atom. The first-order valence-corrected chi connectivity index (χ1v) is 6.45. The van der Waals surface area contributed by atoms with Gasteiger partial charge in [-0.2, -0.15) is 0 Å². The van der Waals surface area contributed by atoms with Crippen LogP contribution in [0.5, 0.6) is 0 Å². The van der Waals surface area contributed by atoms with Gasteiger partial charge in [0, 0.05) is 19.2 Å². The van der Waals surface area contributed by atoms with Crippen molar-refractivity contribution in [2.75, 3.05) is 19.7 Å². The Morgan fingerprint density at radius 1 is 1.12 bits per heavy atom. The molecule has 1 rings (SSSR count). The minimum Gasteiger partial charge on any atom is -0.396 e. The molecule has 1 aromatic rings. The highest BCUT2D eigenvalue weighted by molar-refractivity contribution is 5.15. The van der Waals surface area contributed by atoms with Crippen LogP contribution >= 0.6 is 0 Å². The van der Waals surface area contributed by atoms with Gasteiger partial charge in [-0.3, -0.25) is 0 Å². The predicted octanol–water partition coefficient (Wildman–Crippen LogP) is 1.31. The third kappa shape index (κ3) is 6.41. The highest BCUT2D eigenvalue weighted by atomic mass is 16.2. The second-order valence-corrected chi connectivity index (χ2v) is 4.36. The van der Waals surface area contributed by atoms with E-state index >= 15 is 0 Å². The molecule has 0 radical (unpaired) electrons. The van der Waals surface area contributed by atoms with Gasteiger partial charge in [0.05, 0.1) is 0 Å². The van der Waals surface area contributed by atoms with Crippen molar-refractivity contribution in [3.05, 3.63) is 35.9 Å². The number of rotatable bonds is 9. The number of nitrogens with one attached hydrogen (secondary N) is 1. The molecule has 0 fully saturated rings. The largest absolute Gasteiger partial charge is 0.396 e. The molecule has 3 nitrogen and oxygen atoms in total. The molecule has 0 spiro atoms. The molecular weight excluding hydrogens is 212 g/mol. The van der Waals surface area contributed by atoms with Crippen LogP contribution in [0.3, 0.4) is 0 Å². The van der Waals surface area contributed by atoms with Gasteiger partial charge in [-0.25, -0.2) is 0 Å². The zero-order valence-corrected chi connectivity index (χ0v) is 10.4. The van der Waals surface area contributed by atoms with E-state index in [1.54, 1.807) is 0 Å². The molecule has 0 aliphatic rings. The van der Waals surface area contributed by atoms with Crippen molar-refractivity contribution in [2.45, 2.75) is 31.7 Å². The van der Waals surface area contributed by atoms with Crippen molar-refractivity contribution in [1.29, 1.82) is 0 Å². The Hall–Kier alpha value is -0.900. The maximum atomic E-state index is 8.68. The fourth-order valence-corrected chi connectivity index (χ4v) is 1.86. The highest BCUT2D eigenvalue weighted by Crippen LogP contribution is 2.02. The van der Waals surface area contributed by atoms with E-state index in [0.717, 1.165) is 32.2 Å². The summed E-state index contributed by atoms with van der Waals surface area (Å²) in [6.07, 6.45) is 4.06. The van der Waals surface area contributed by atoms with Gasteiger partial charge < -0.3 is 16.2 Å². The van der Waals surface area contributed by atoms with E-state index in [9.17, 15) is 0 Å². The first-order chi connectivity index (χ1) is 8.36. The number of unbranched alkanes of at least 4 members (excludes halogenated alkanes) is 2. The Kier molecular flexibility index (Phi) is 7.63. The van der Waals surface area contributed by atoms with Gasteiger partial charge in [-0.15, -0.1) is 0 Å². The summed E-state index contributed by atoms with van der Waals surface area (Å²) < 4.78 is 0. The van der Waals surface area contributed by atoms with E-state index in [0.29, 0.717) is 19.2 Å². The monoisotopic (exact) mass is 236 g/mol. The summed E-state index contributed by atoms with van der Waals surface area (Å²) in [6.45, 7) is 1.94. The first-order valence-electron chi connectivity index (χ1n) is 6.45. The number of aliphatic hydroxyl groups is 1. The Morgan fingerprint density at radius 3 is 2.53 bits per heavy atom. The quantitative estimate of drug-likeness (QED) is 0.567. The van der Waals surface area contributed by atoms with Crippen molar-refractivity contribution >= 4 is 0 Å². The Labute approximate surface area is 104 Å². The maximum absolute atomic E-state index is 8.68. The van der Waals surface area contributed by atoms with Gasteiger partial charge in [0.15, 0.2) is 0 Å². The van der Waals surface area contributed by atoms with Gasteiger partial charge in [-0.05, 0) is 37.8 Å². The lowest BCUT2D eigenvalue weighted by Crippen LogP contribution is -2.38. The molecule has 0 aliphatic carbocycles. The molecular formula is C14H24N2O. The fourth-order valence-electron chi connectivity index (χ4n) is 1.86. The van der Waals surface area contributed by atoms with E-state index in [1.807, 2.05) is 6.07 Å². The van der Waals surface area contributed by atoms with Crippen LogP contribution in [0.2, 0.25) is 0 Å². The van der Waals surface area contributed by atoms with Crippen molar-refractivity contribution in [1.82, 2.24) is 5.32 Å². The molecule has 1 unspecified atom stereocenters. The van der Waals surface area contributed by atoms with Gasteiger partial charge >= 0.3 is 0 Å². The van der Waals surface area contributed by atoms with Crippen LogP contribution in [-0.4, -0.2) is 30.8 Å². The van der Waals surface area contributed by atoms with Crippen LogP contribution in [-0.2, 0) is 6.42 Å². The van der Waals surface area contributed by atoms with E-state index in [4.69, 9.17) is 10.8 Å². The summed E-state index contributed by atoms with van der Waals surface area (Å²) in [5.41, 5.74) is 7.08. The molecule has 1 atom stereocenters. The first kappa shape index (κ1) is 14.2. The van der Waals surface area contributed by atoms with E-state index in [1.165, 1.54) is 5.56 Å². The van der Waals surface area contributed by atoms with Gasteiger partial charge in [0.25, 0.3) is 0 Å². The summed E-state index contributed by atoms with van der Waals surface area (Å²) in [5.74, 6) is 0. The lowest BCUT2D eigenvalue weighted by molar-refractivity contribution is 0.282. The standard InChI is InChI=1S/C14H24N2O/c15-12-14(16-9-5-2-6-10-17)11-13-7-3-1-4-8-13/h1,3-4,7-8,14,16-17H,2,5-6,9-12,15H2. The summed E-state index contributed by atoms with van der Waals surface area (Å²) in [6, 6.07) is 10.8. The average Bonchev–Trinajstić information content (AvgIpc) is 2.38. The van der Waals surface area contributed by atoms with E-state index in [-0.39, 0.29) is 0 Å². The number of nitrogens with two attached hydrogens (primary N) is 1. The molecule has 96 valence electrons. The topological polar surface area (TPSA) is 58.3 Å². The smallest absolute Gasteiger partial charge is 0.0431 e. The summed E-state index contributed by atoms with van der Waals surface area (Å²) in [4.78, 5) is 0. The number of hydrogen-bond donors (Lipinski definition) is 3. The van der Waals surface area contributed by atoms with Crippen LogP contribution in [0.4, 0.5) is 0 Å². The van der Waals surface area contributed by atoms with Crippen molar-refractivity contribution in [3.63, 3.8) is 0 Å². The summed E-state index contributed by atoms with van der Waals surface area (Å²) >= 11 is 0. The highest BCUT2D eigenvalue weighted by Gasteiger charge is 2.05. The van der Waals surface area contributed by atoms with Crippen LogP contribution in [0, 0.1) is 0 Å². The Balaban J connectivity index is 2.20. The normalized spacial score (nSPS) is 12.6. The molecule has 0 amide bonds. The maximum Gasteiger partial charge on any atom is 0.0431 e. The second-order valence-electron chi connectivity index (χ2n) is 4.36. The number of aliphatic hydroxyl groups excluding tert-OH is 1. The fraction of sp³-hybridized carbons (Fsp3) is 0.571. The third-order valence-electron chi connectivity index (χ3n) is 2.88. The predicted molar refractivity (Wildman–Crippen MR) is 71.9 cm³/mol. The molecule has 0 heterocycles. The van der Waals surface area contributed by atoms with Crippen molar-refractivity contribution < 1.29 is 5.11 Å². The minimum absolute atomic E-state index is 0.296. The van der Waals surface area contributed by atoms with Gasteiger partial charge in [-0.1, -0.05) is 30.3 Å². The van der Waals surface area contributed by atoms with Gasteiger partial charge in [0.1, 0.15) is 0 Å². The van der Waals surface area contributed by atoms with Crippen LogP contribution < -0.4 is 11.1 Å². The molecule has 0 aliphatic heterocycles. The average molecular weight is 236 g/mol. The zero-order chi connectivity index (χ0) is 12.3. The van der Waals surface area contributed by atoms with Crippen molar-refractivity contribution in [2.24, 2.45) is 5.73 Å². The number of benzene rings is 1. The molecule has 0 aromatic heterocycles. The number of hydrogen-bond acceptors (Lipinski definition) is 3. The molecule has 0 bridgehead atoms. The summed E-state index contributed by atoms with van der Waals surface area (Å²) in [5, 5.41) is 12.1. The lowest BCUT2D eigenvalue weighted by atomic mass is 10.1. The Bertz CT molecular complexity index is 277. The minimum atomic E-state index is 0.296.